The summed E-state index contributed by atoms with van der Waals surface area (Å²) in [4.78, 5) is 36.7. The molecule has 0 radical (unpaired) electrons. The zero-order valence-electron chi connectivity index (χ0n) is 18.6. The van der Waals surface area contributed by atoms with Crippen LogP contribution in [0.1, 0.15) is 16.7 Å². The minimum absolute atomic E-state index is 0.00850. The Bertz CT molecular complexity index is 1670. The molecule has 0 unspecified atom stereocenters. The second-order valence-electron chi connectivity index (χ2n) is 8.39. The molecule has 5 rings (SSSR count). The molecule has 186 valence electrons. The van der Waals surface area contributed by atoms with Crippen molar-refractivity contribution in [1.82, 2.24) is 0 Å². The average molecular weight is 524 g/mol. The van der Waals surface area contributed by atoms with Gasteiger partial charge in [0, 0.05) is 29.4 Å². The number of anilines is 2. The first kappa shape index (κ1) is 24.0. The zero-order chi connectivity index (χ0) is 26.7. The van der Waals surface area contributed by atoms with Crippen molar-refractivity contribution in [3.05, 3.63) is 99.1 Å². The minimum Gasteiger partial charge on any atom is -0.304 e. The SMILES string of the molecule is N#Cc1ccc(CN2C(=O)[C@@]3(c4cc([N+](=O)[O-])ccc42)N(c2ccc(F)c(F)c2)C(=O)CS3(=O)=O)cc1. The van der Waals surface area contributed by atoms with Crippen LogP contribution in [0.4, 0.5) is 25.8 Å². The first-order valence-electron chi connectivity index (χ1n) is 10.6. The van der Waals surface area contributed by atoms with Crippen molar-refractivity contribution in [3.8, 4) is 6.07 Å². The van der Waals surface area contributed by atoms with Crippen molar-refractivity contribution >= 4 is 38.7 Å². The van der Waals surface area contributed by atoms with Gasteiger partial charge in [-0.1, -0.05) is 12.1 Å². The highest BCUT2D eigenvalue weighted by molar-refractivity contribution is 7.94. The van der Waals surface area contributed by atoms with Crippen molar-refractivity contribution in [2.75, 3.05) is 15.6 Å². The molecule has 10 nitrogen and oxygen atoms in total. The van der Waals surface area contributed by atoms with Crippen molar-refractivity contribution < 1.29 is 31.7 Å². The third kappa shape index (κ3) is 3.37. The largest absolute Gasteiger partial charge is 0.304 e. The summed E-state index contributed by atoms with van der Waals surface area (Å²) in [6, 6.07) is 13.4. The molecule has 0 bridgehead atoms. The van der Waals surface area contributed by atoms with Gasteiger partial charge in [-0.3, -0.25) is 24.6 Å². The third-order valence-corrected chi connectivity index (χ3v) is 8.40. The standard InChI is InChI=1S/C24H14F2N4O6S/c25-19-7-5-16(10-20(19)26)29-22(31)13-37(35,36)24(29)18-9-17(30(33)34)6-8-21(18)28(23(24)32)12-15-3-1-14(11-27)2-4-15/h1-10H,12-13H2/t24-/m0/s1. The lowest BCUT2D eigenvalue weighted by atomic mass is 10.0. The summed E-state index contributed by atoms with van der Waals surface area (Å²) in [6.07, 6.45) is 0. The number of sulfone groups is 1. The number of rotatable bonds is 4. The minimum atomic E-state index is -4.69. The zero-order valence-corrected chi connectivity index (χ0v) is 19.4. The van der Waals surface area contributed by atoms with Gasteiger partial charge < -0.3 is 4.90 Å². The Morgan fingerprint density at radius 2 is 1.73 bits per heavy atom. The highest BCUT2D eigenvalue weighted by Crippen LogP contribution is 2.53. The fourth-order valence-electron chi connectivity index (χ4n) is 4.69. The second kappa shape index (κ2) is 8.17. The summed E-state index contributed by atoms with van der Waals surface area (Å²) in [5.74, 6) is -5.97. The van der Waals surface area contributed by atoms with E-state index in [0.29, 0.717) is 28.2 Å². The van der Waals surface area contributed by atoms with Crippen molar-refractivity contribution in [2.24, 2.45) is 0 Å². The molecule has 1 atom stereocenters. The van der Waals surface area contributed by atoms with Crippen LogP contribution in [0, 0.1) is 33.1 Å². The molecule has 13 heteroatoms. The van der Waals surface area contributed by atoms with Gasteiger partial charge in [-0.15, -0.1) is 0 Å². The summed E-state index contributed by atoms with van der Waals surface area (Å²) in [6.45, 7) is -0.202. The predicted molar refractivity (Wildman–Crippen MR) is 125 cm³/mol. The molecule has 1 saturated heterocycles. The lowest BCUT2D eigenvalue weighted by Gasteiger charge is -2.32. The molecular formula is C24H14F2N4O6S. The fourth-order valence-corrected chi connectivity index (χ4v) is 6.71. The first-order valence-corrected chi connectivity index (χ1v) is 12.3. The summed E-state index contributed by atoms with van der Waals surface area (Å²) in [5.41, 5.74) is -0.462. The van der Waals surface area contributed by atoms with E-state index in [4.69, 9.17) is 5.26 Å². The van der Waals surface area contributed by atoms with Crippen molar-refractivity contribution in [2.45, 2.75) is 11.4 Å². The Hall–Kier alpha value is -4.70. The summed E-state index contributed by atoms with van der Waals surface area (Å²) >= 11 is 0. The number of hydrogen-bond donors (Lipinski definition) is 0. The van der Waals surface area contributed by atoms with Crippen molar-refractivity contribution in [1.29, 1.82) is 5.26 Å². The number of fused-ring (bicyclic) bond motifs is 2. The maximum absolute atomic E-state index is 14.1. The van der Waals surface area contributed by atoms with E-state index >= 15 is 0 Å². The number of benzene rings is 3. The number of nitrogens with zero attached hydrogens (tertiary/aromatic N) is 4. The van der Waals surface area contributed by atoms with E-state index in [2.05, 4.69) is 0 Å². The number of nitro groups is 1. The molecule has 0 N–H and O–H groups in total. The highest BCUT2D eigenvalue weighted by Gasteiger charge is 2.70. The molecule has 1 fully saturated rings. The van der Waals surface area contributed by atoms with Crippen molar-refractivity contribution in [3.63, 3.8) is 0 Å². The molecule has 2 aliphatic heterocycles. The predicted octanol–water partition coefficient (Wildman–Crippen LogP) is 2.91. The maximum Gasteiger partial charge on any atom is 0.274 e. The van der Waals surface area contributed by atoms with E-state index in [-0.39, 0.29) is 17.8 Å². The van der Waals surface area contributed by atoms with Crippen LogP contribution in [0.2, 0.25) is 0 Å². The first-order chi connectivity index (χ1) is 17.5. The number of hydrogen-bond acceptors (Lipinski definition) is 7. The van der Waals surface area contributed by atoms with E-state index < -0.39 is 60.2 Å². The van der Waals surface area contributed by atoms with Crippen LogP contribution in [-0.2, 0) is 30.8 Å². The van der Waals surface area contributed by atoms with Crippen LogP contribution in [0.15, 0.2) is 60.7 Å². The summed E-state index contributed by atoms with van der Waals surface area (Å²) in [7, 11) is -4.69. The van der Waals surface area contributed by atoms with Gasteiger partial charge >= 0.3 is 0 Å². The highest BCUT2D eigenvalue weighted by atomic mass is 32.2. The number of halogens is 2. The Kier molecular flexibility index (Phi) is 5.30. The van der Waals surface area contributed by atoms with Gasteiger partial charge in [-0.25, -0.2) is 17.2 Å². The van der Waals surface area contributed by atoms with Gasteiger partial charge in [0.15, 0.2) is 21.5 Å². The van der Waals surface area contributed by atoms with Crippen LogP contribution >= 0.6 is 0 Å². The van der Waals surface area contributed by atoms with E-state index in [1.54, 1.807) is 12.1 Å². The number of amides is 2. The van der Waals surface area contributed by atoms with Crippen LogP contribution in [0.3, 0.4) is 0 Å². The molecule has 0 aliphatic carbocycles. The van der Waals surface area contributed by atoms with Gasteiger partial charge in [0.1, 0.15) is 5.75 Å². The topological polar surface area (TPSA) is 142 Å². The molecule has 37 heavy (non-hydrogen) atoms. The summed E-state index contributed by atoms with van der Waals surface area (Å²) < 4.78 is 55.0. The fraction of sp³-hybridized carbons (Fsp3) is 0.125. The lowest BCUT2D eigenvalue weighted by Crippen LogP contribution is -2.54. The van der Waals surface area contributed by atoms with Gasteiger partial charge in [-0.2, -0.15) is 5.26 Å². The Labute approximate surface area is 208 Å². The third-order valence-electron chi connectivity index (χ3n) is 6.29. The maximum atomic E-state index is 14.1. The number of non-ortho nitro benzene ring substituents is 1. The van der Waals surface area contributed by atoms with Crippen LogP contribution in [0.5, 0.6) is 0 Å². The second-order valence-corrected chi connectivity index (χ2v) is 10.5. The Morgan fingerprint density at radius 3 is 2.35 bits per heavy atom. The van der Waals surface area contributed by atoms with E-state index in [9.17, 15) is 36.9 Å². The van der Waals surface area contributed by atoms with E-state index in [0.717, 1.165) is 23.1 Å². The molecular weight excluding hydrogens is 510 g/mol. The van der Waals surface area contributed by atoms with Gasteiger partial charge in [0.2, 0.25) is 5.91 Å². The molecule has 1 spiro atoms. The molecule has 2 heterocycles. The van der Waals surface area contributed by atoms with E-state index in [1.165, 1.54) is 18.2 Å². The van der Waals surface area contributed by atoms with Crippen LogP contribution < -0.4 is 9.80 Å². The lowest BCUT2D eigenvalue weighted by molar-refractivity contribution is -0.384. The molecule has 3 aromatic carbocycles. The average Bonchev–Trinajstić information content (AvgIpc) is 3.23. The molecule has 0 saturated carbocycles. The monoisotopic (exact) mass is 524 g/mol. The smallest absolute Gasteiger partial charge is 0.274 e. The molecule has 0 aromatic heterocycles. The molecule has 2 aliphatic rings. The normalized spacial score (nSPS) is 19.8. The van der Waals surface area contributed by atoms with Gasteiger partial charge in [0.25, 0.3) is 16.5 Å². The van der Waals surface area contributed by atoms with Gasteiger partial charge in [0.05, 0.1) is 28.8 Å². The Morgan fingerprint density at radius 1 is 1.03 bits per heavy atom. The molecule has 2 amide bonds. The molecule has 3 aromatic rings. The van der Waals surface area contributed by atoms with Crippen LogP contribution in [0.25, 0.3) is 0 Å². The van der Waals surface area contributed by atoms with E-state index in [1.807, 2.05) is 6.07 Å². The number of nitro benzene ring substituents is 1. The quantitative estimate of drug-likeness (QED) is 0.377. The number of carbonyl (C=O) groups is 2. The van der Waals surface area contributed by atoms with Crippen LogP contribution in [-0.4, -0.2) is 30.9 Å². The number of nitriles is 1. The Balaban J connectivity index is 1.77. The summed E-state index contributed by atoms with van der Waals surface area (Å²) in [5, 5.41) is 20.6. The van der Waals surface area contributed by atoms with Gasteiger partial charge in [-0.05, 0) is 35.9 Å². The number of carbonyl (C=O) groups excluding carboxylic acids is 2.